The summed E-state index contributed by atoms with van der Waals surface area (Å²) in [7, 11) is 3.88. The van der Waals surface area contributed by atoms with Crippen LogP contribution in [0.1, 0.15) is 36.6 Å². The summed E-state index contributed by atoms with van der Waals surface area (Å²) in [5, 5.41) is 16.4. The molecule has 0 spiro atoms. The highest BCUT2D eigenvalue weighted by atomic mass is 16.5. The normalized spacial score (nSPS) is 24.8. The van der Waals surface area contributed by atoms with Crippen molar-refractivity contribution in [3.05, 3.63) is 51.4 Å². The molecule has 140 valence electrons. The van der Waals surface area contributed by atoms with Crippen LogP contribution in [0, 0.1) is 5.92 Å². The van der Waals surface area contributed by atoms with Gasteiger partial charge < -0.3 is 19.8 Å². The number of carbonyl (C=O) groups excluding carboxylic acids is 1. The van der Waals surface area contributed by atoms with Gasteiger partial charge in [0.05, 0.1) is 18.1 Å². The molecule has 1 aromatic heterocycles. The van der Waals surface area contributed by atoms with Gasteiger partial charge in [-0.25, -0.2) is 0 Å². The first kappa shape index (κ1) is 18.3. The number of nitrogens with zero attached hydrogens (tertiary/aromatic N) is 1. The summed E-state index contributed by atoms with van der Waals surface area (Å²) in [5.41, 5.74) is 1.31. The van der Waals surface area contributed by atoms with Crippen molar-refractivity contribution in [2.75, 3.05) is 25.6 Å². The Morgan fingerprint density at radius 1 is 1.31 bits per heavy atom. The van der Waals surface area contributed by atoms with Gasteiger partial charge in [-0.2, -0.15) is 0 Å². The van der Waals surface area contributed by atoms with Gasteiger partial charge in [0.15, 0.2) is 0 Å². The molecule has 7 nitrogen and oxygen atoms in total. The van der Waals surface area contributed by atoms with E-state index in [9.17, 15) is 14.7 Å². The SMILES string of the molecule is CCOC(=O)[C@@H]1[C@H](c2ccc(N(C)C)cc2)c2c([nH][nH]c2=O)C[C@]1(C)O. The maximum absolute atomic E-state index is 12.7. The van der Waals surface area contributed by atoms with Crippen LogP contribution in [0.2, 0.25) is 0 Å². The van der Waals surface area contributed by atoms with Crippen LogP contribution in [-0.2, 0) is 16.0 Å². The second-order valence-electron chi connectivity index (χ2n) is 7.20. The molecule has 0 saturated heterocycles. The zero-order chi connectivity index (χ0) is 19.1. The fourth-order valence-corrected chi connectivity index (χ4v) is 3.83. The topological polar surface area (TPSA) is 98.4 Å². The Balaban J connectivity index is 2.16. The van der Waals surface area contributed by atoms with E-state index < -0.39 is 23.4 Å². The minimum atomic E-state index is -1.34. The number of H-pyrrole nitrogens is 2. The molecule has 0 fully saturated rings. The lowest BCUT2D eigenvalue weighted by Gasteiger charge is -2.40. The third-order valence-electron chi connectivity index (χ3n) is 5.05. The van der Waals surface area contributed by atoms with E-state index in [1.54, 1.807) is 13.8 Å². The van der Waals surface area contributed by atoms with Gasteiger partial charge in [0.2, 0.25) is 0 Å². The first-order valence-electron chi connectivity index (χ1n) is 8.72. The quantitative estimate of drug-likeness (QED) is 0.717. The Morgan fingerprint density at radius 3 is 2.54 bits per heavy atom. The standard InChI is InChI=1S/C19H25N3O4/c1-5-26-18(24)16-14(11-6-8-12(9-7-11)22(3)4)15-13(10-19(16,2)25)20-21-17(15)23/h6-9,14,16,25H,5,10H2,1-4H3,(H2,20,21,23)/t14-,16+,19+/m1/s1. The average molecular weight is 359 g/mol. The summed E-state index contributed by atoms with van der Waals surface area (Å²) >= 11 is 0. The minimum Gasteiger partial charge on any atom is -0.466 e. The van der Waals surface area contributed by atoms with Gasteiger partial charge in [-0.3, -0.25) is 14.7 Å². The Labute approximate surface area is 152 Å². The lowest BCUT2D eigenvalue weighted by molar-refractivity contribution is -0.159. The molecule has 0 unspecified atom stereocenters. The molecule has 1 aliphatic carbocycles. The smallest absolute Gasteiger partial charge is 0.312 e. The third kappa shape index (κ3) is 3.03. The van der Waals surface area contributed by atoms with E-state index in [0.717, 1.165) is 11.3 Å². The van der Waals surface area contributed by atoms with Gasteiger partial charge in [0.25, 0.3) is 5.56 Å². The highest BCUT2D eigenvalue weighted by Gasteiger charge is 2.51. The van der Waals surface area contributed by atoms with E-state index >= 15 is 0 Å². The van der Waals surface area contributed by atoms with Gasteiger partial charge >= 0.3 is 5.97 Å². The largest absolute Gasteiger partial charge is 0.466 e. The summed E-state index contributed by atoms with van der Waals surface area (Å²) < 4.78 is 5.23. The predicted molar refractivity (Wildman–Crippen MR) is 98.5 cm³/mol. The lowest BCUT2D eigenvalue weighted by Crippen LogP contribution is -2.50. The highest BCUT2D eigenvalue weighted by molar-refractivity contribution is 5.77. The summed E-state index contributed by atoms with van der Waals surface area (Å²) in [4.78, 5) is 27.1. The van der Waals surface area contributed by atoms with E-state index in [0.29, 0.717) is 11.3 Å². The number of aliphatic hydroxyl groups is 1. The zero-order valence-electron chi connectivity index (χ0n) is 15.5. The molecule has 2 aromatic rings. The predicted octanol–water partition coefficient (Wildman–Crippen LogP) is 1.39. The second kappa shape index (κ2) is 6.64. The number of esters is 1. The van der Waals surface area contributed by atoms with Gasteiger partial charge in [0.1, 0.15) is 0 Å². The number of carbonyl (C=O) groups is 1. The number of rotatable bonds is 4. The van der Waals surface area contributed by atoms with E-state index in [2.05, 4.69) is 10.2 Å². The monoisotopic (exact) mass is 359 g/mol. The van der Waals surface area contributed by atoms with Crippen LogP contribution in [0.4, 0.5) is 5.69 Å². The molecule has 1 aliphatic rings. The van der Waals surface area contributed by atoms with Gasteiger partial charge in [-0.1, -0.05) is 12.1 Å². The number of aromatic nitrogens is 2. The van der Waals surface area contributed by atoms with Crippen LogP contribution in [0.25, 0.3) is 0 Å². The Bertz CT molecular complexity index is 848. The molecule has 0 saturated carbocycles. The van der Waals surface area contributed by atoms with Crippen molar-refractivity contribution in [2.24, 2.45) is 5.92 Å². The van der Waals surface area contributed by atoms with Gasteiger partial charge in [-0.15, -0.1) is 0 Å². The van der Waals surface area contributed by atoms with Crippen molar-refractivity contribution in [2.45, 2.75) is 31.8 Å². The number of hydrogen-bond acceptors (Lipinski definition) is 5. The van der Waals surface area contributed by atoms with E-state index in [4.69, 9.17) is 4.74 Å². The molecule has 0 amide bonds. The molecule has 0 bridgehead atoms. The summed E-state index contributed by atoms with van der Waals surface area (Å²) in [6, 6.07) is 7.65. The van der Waals surface area contributed by atoms with Gasteiger partial charge in [0, 0.05) is 43.4 Å². The van der Waals surface area contributed by atoms with E-state index in [1.165, 1.54) is 0 Å². The molecule has 3 N–H and O–H groups in total. The van der Waals surface area contributed by atoms with Gasteiger partial charge in [-0.05, 0) is 31.5 Å². The number of anilines is 1. The molecule has 26 heavy (non-hydrogen) atoms. The number of aromatic amines is 2. The number of nitrogens with one attached hydrogen (secondary N) is 2. The molecular formula is C19H25N3O4. The number of benzene rings is 1. The first-order chi connectivity index (χ1) is 12.3. The van der Waals surface area contributed by atoms with Crippen LogP contribution in [-0.4, -0.2) is 47.6 Å². The minimum absolute atomic E-state index is 0.177. The van der Waals surface area contributed by atoms with Crippen molar-refractivity contribution < 1.29 is 14.6 Å². The van der Waals surface area contributed by atoms with Crippen molar-refractivity contribution in [3.63, 3.8) is 0 Å². The van der Waals surface area contributed by atoms with Crippen LogP contribution in [0.15, 0.2) is 29.1 Å². The summed E-state index contributed by atoms with van der Waals surface area (Å²) in [5.74, 6) is -1.94. The zero-order valence-corrected chi connectivity index (χ0v) is 15.5. The molecular weight excluding hydrogens is 334 g/mol. The van der Waals surface area contributed by atoms with Crippen molar-refractivity contribution in [1.82, 2.24) is 10.2 Å². The van der Waals surface area contributed by atoms with E-state index in [1.807, 2.05) is 43.3 Å². The Kier molecular flexibility index (Phi) is 4.66. The molecule has 0 aliphatic heterocycles. The highest BCUT2D eigenvalue weighted by Crippen LogP contribution is 2.44. The fourth-order valence-electron chi connectivity index (χ4n) is 3.83. The molecule has 3 rings (SSSR count). The number of hydrogen-bond donors (Lipinski definition) is 3. The van der Waals surface area contributed by atoms with Crippen molar-refractivity contribution >= 4 is 11.7 Å². The maximum Gasteiger partial charge on any atom is 0.312 e. The van der Waals surface area contributed by atoms with Crippen LogP contribution in [0.3, 0.4) is 0 Å². The number of fused-ring (bicyclic) bond motifs is 1. The lowest BCUT2D eigenvalue weighted by atomic mass is 9.66. The third-order valence-corrected chi connectivity index (χ3v) is 5.05. The van der Waals surface area contributed by atoms with Crippen molar-refractivity contribution in [3.8, 4) is 0 Å². The first-order valence-corrected chi connectivity index (χ1v) is 8.72. The van der Waals surface area contributed by atoms with Crippen LogP contribution >= 0.6 is 0 Å². The number of ether oxygens (including phenoxy) is 1. The Hall–Kier alpha value is -2.54. The summed E-state index contributed by atoms with van der Waals surface area (Å²) in [6.07, 6.45) is 0.177. The molecule has 1 heterocycles. The maximum atomic E-state index is 12.7. The van der Waals surface area contributed by atoms with Crippen LogP contribution in [0.5, 0.6) is 0 Å². The van der Waals surface area contributed by atoms with E-state index in [-0.39, 0.29) is 18.6 Å². The molecule has 3 atom stereocenters. The van der Waals surface area contributed by atoms with Crippen molar-refractivity contribution in [1.29, 1.82) is 0 Å². The average Bonchev–Trinajstić information content (AvgIpc) is 2.93. The van der Waals surface area contributed by atoms with Crippen LogP contribution < -0.4 is 10.5 Å². The molecule has 7 heteroatoms. The second-order valence-corrected chi connectivity index (χ2v) is 7.20. The molecule has 1 aromatic carbocycles. The summed E-state index contributed by atoms with van der Waals surface area (Å²) in [6.45, 7) is 3.56. The molecule has 0 radical (unpaired) electrons. The Morgan fingerprint density at radius 2 is 1.96 bits per heavy atom. The fraction of sp³-hybridized carbons (Fsp3) is 0.474.